The molecule has 1 saturated heterocycles. The quantitative estimate of drug-likeness (QED) is 0.891. The van der Waals surface area contributed by atoms with Crippen LogP contribution in [0.25, 0.3) is 0 Å². The molecule has 2 rings (SSSR count). The number of hydrogen-bond donors (Lipinski definition) is 2. The highest BCUT2D eigenvalue weighted by molar-refractivity contribution is 5.85. The van der Waals surface area contributed by atoms with E-state index in [-0.39, 0.29) is 36.1 Å². The summed E-state index contributed by atoms with van der Waals surface area (Å²) >= 11 is 0. The van der Waals surface area contributed by atoms with Crippen LogP contribution in [0.2, 0.25) is 0 Å². The summed E-state index contributed by atoms with van der Waals surface area (Å²) in [5.41, 5.74) is 7.49. The molecule has 1 aliphatic rings. The Kier molecular flexibility index (Phi) is 7.26. The van der Waals surface area contributed by atoms with Crippen molar-refractivity contribution in [2.75, 3.05) is 13.2 Å². The topological polar surface area (TPSA) is 64.4 Å². The van der Waals surface area contributed by atoms with E-state index in [0.29, 0.717) is 18.8 Å². The maximum Gasteiger partial charge on any atom is 0.237 e. The van der Waals surface area contributed by atoms with E-state index in [2.05, 4.69) is 5.32 Å². The molecule has 0 bridgehead atoms. The van der Waals surface area contributed by atoms with Crippen LogP contribution in [0.3, 0.4) is 0 Å². The number of amides is 1. The molecule has 22 heavy (non-hydrogen) atoms. The van der Waals surface area contributed by atoms with Crippen molar-refractivity contribution < 1.29 is 13.9 Å². The van der Waals surface area contributed by atoms with Crippen molar-refractivity contribution in [3.63, 3.8) is 0 Å². The Bertz CT molecular complexity index is 507. The molecule has 2 atom stereocenters. The lowest BCUT2D eigenvalue weighted by molar-refractivity contribution is -0.125. The summed E-state index contributed by atoms with van der Waals surface area (Å²) in [5.74, 6) is -0.228. The average Bonchev–Trinajstić information content (AvgIpc) is 2.50. The number of halogens is 2. The minimum absolute atomic E-state index is 0. The standard InChI is InChI=1S/C16H23FN2O2.ClH/c1-10-9-13(3-4-14(10)17)11(2)19-16(20)15(18)12-5-7-21-8-6-12;/h3-4,9,11-12,15H,5-8,18H2,1-2H3,(H,19,20);1H. The fourth-order valence-electron chi connectivity index (χ4n) is 2.62. The van der Waals surface area contributed by atoms with Crippen LogP contribution in [0.15, 0.2) is 18.2 Å². The van der Waals surface area contributed by atoms with Gasteiger partial charge in [-0.25, -0.2) is 4.39 Å². The third-order valence-electron chi connectivity index (χ3n) is 4.12. The van der Waals surface area contributed by atoms with Crippen LogP contribution in [-0.2, 0) is 9.53 Å². The van der Waals surface area contributed by atoms with Crippen molar-refractivity contribution in [1.29, 1.82) is 0 Å². The summed E-state index contributed by atoms with van der Waals surface area (Å²) in [6.45, 7) is 4.92. The molecule has 0 aromatic heterocycles. The Morgan fingerprint density at radius 2 is 2.05 bits per heavy atom. The zero-order valence-corrected chi connectivity index (χ0v) is 13.8. The van der Waals surface area contributed by atoms with Crippen molar-refractivity contribution in [2.24, 2.45) is 11.7 Å². The number of benzene rings is 1. The van der Waals surface area contributed by atoms with Gasteiger partial charge in [0.25, 0.3) is 0 Å². The smallest absolute Gasteiger partial charge is 0.237 e. The molecule has 0 radical (unpaired) electrons. The van der Waals surface area contributed by atoms with E-state index in [9.17, 15) is 9.18 Å². The first kappa shape index (κ1) is 18.9. The highest BCUT2D eigenvalue weighted by Crippen LogP contribution is 2.20. The third kappa shape index (κ3) is 4.66. The molecule has 4 nitrogen and oxygen atoms in total. The lowest BCUT2D eigenvalue weighted by Gasteiger charge is -2.28. The Morgan fingerprint density at radius 3 is 2.64 bits per heavy atom. The maximum atomic E-state index is 13.3. The monoisotopic (exact) mass is 330 g/mol. The summed E-state index contributed by atoms with van der Waals surface area (Å²) in [5, 5.41) is 2.91. The van der Waals surface area contributed by atoms with Crippen molar-refractivity contribution in [3.8, 4) is 0 Å². The number of ether oxygens (including phenoxy) is 1. The zero-order valence-electron chi connectivity index (χ0n) is 13.0. The average molecular weight is 331 g/mol. The summed E-state index contributed by atoms with van der Waals surface area (Å²) in [4.78, 5) is 12.2. The van der Waals surface area contributed by atoms with Gasteiger partial charge in [-0.2, -0.15) is 0 Å². The first-order valence-corrected chi connectivity index (χ1v) is 7.39. The number of carbonyl (C=O) groups excluding carboxylic acids is 1. The number of aryl methyl sites for hydroxylation is 1. The summed E-state index contributed by atoms with van der Waals surface area (Å²) in [6, 6.07) is 4.15. The van der Waals surface area contributed by atoms with Crippen molar-refractivity contribution >= 4 is 18.3 Å². The second kappa shape index (κ2) is 8.46. The third-order valence-corrected chi connectivity index (χ3v) is 4.12. The predicted molar refractivity (Wildman–Crippen MR) is 86.5 cm³/mol. The Hall–Kier alpha value is -1.17. The maximum absolute atomic E-state index is 13.3. The molecule has 2 unspecified atom stereocenters. The van der Waals surface area contributed by atoms with E-state index < -0.39 is 6.04 Å². The molecule has 3 N–H and O–H groups in total. The van der Waals surface area contributed by atoms with Crippen LogP contribution < -0.4 is 11.1 Å². The first-order valence-electron chi connectivity index (χ1n) is 7.39. The fraction of sp³-hybridized carbons (Fsp3) is 0.562. The second-order valence-corrected chi connectivity index (χ2v) is 5.71. The molecular weight excluding hydrogens is 307 g/mol. The van der Waals surface area contributed by atoms with Gasteiger partial charge in [0.05, 0.1) is 12.1 Å². The Labute approximate surface area is 137 Å². The summed E-state index contributed by atoms with van der Waals surface area (Å²) in [6.07, 6.45) is 1.64. The normalized spacial score (nSPS) is 18.2. The molecular formula is C16H24ClFN2O2. The Balaban J connectivity index is 0.00000242. The zero-order chi connectivity index (χ0) is 15.4. The minimum atomic E-state index is -0.516. The predicted octanol–water partition coefficient (Wildman–Crippen LogP) is 2.49. The molecule has 0 saturated carbocycles. The van der Waals surface area contributed by atoms with Crippen molar-refractivity contribution in [1.82, 2.24) is 5.32 Å². The summed E-state index contributed by atoms with van der Waals surface area (Å²) in [7, 11) is 0. The SMILES string of the molecule is Cc1cc(C(C)NC(=O)C(N)C2CCOCC2)ccc1F.Cl. The molecule has 1 aromatic rings. The number of nitrogens with one attached hydrogen (secondary N) is 1. The van der Waals surface area contributed by atoms with E-state index in [1.54, 1.807) is 19.1 Å². The molecule has 1 aromatic carbocycles. The van der Waals surface area contributed by atoms with E-state index in [0.717, 1.165) is 18.4 Å². The molecule has 6 heteroatoms. The van der Waals surface area contributed by atoms with E-state index >= 15 is 0 Å². The van der Waals surface area contributed by atoms with Crippen LogP contribution in [0.4, 0.5) is 4.39 Å². The second-order valence-electron chi connectivity index (χ2n) is 5.71. The van der Waals surface area contributed by atoms with Crippen LogP contribution in [0.5, 0.6) is 0 Å². The van der Waals surface area contributed by atoms with Gasteiger partial charge in [0.15, 0.2) is 0 Å². The number of hydrogen-bond acceptors (Lipinski definition) is 3. The van der Waals surface area contributed by atoms with Crippen LogP contribution in [0, 0.1) is 18.7 Å². The summed E-state index contributed by atoms with van der Waals surface area (Å²) < 4.78 is 18.6. The molecule has 1 amide bonds. The minimum Gasteiger partial charge on any atom is -0.381 e. The van der Waals surface area contributed by atoms with Gasteiger partial charge in [-0.15, -0.1) is 12.4 Å². The molecule has 1 heterocycles. The highest BCUT2D eigenvalue weighted by atomic mass is 35.5. The van der Waals surface area contributed by atoms with Crippen LogP contribution in [-0.4, -0.2) is 25.2 Å². The number of nitrogens with two attached hydrogens (primary N) is 1. The first-order chi connectivity index (χ1) is 9.99. The highest BCUT2D eigenvalue weighted by Gasteiger charge is 2.27. The van der Waals surface area contributed by atoms with Gasteiger partial charge in [-0.05, 0) is 49.8 Å². The molecule has 0 spiro atoms. The number of carbonyl (C=O) groups is 1. The van der Waals surface area contributed by atoms with Crippen molar-refractivity contribution in [3.05, 3.63) is 35.1 Å². The van der Waals surface area contributed by atoms with Crippen LogP contribution in [0.1, 0.15) is 36.9 Å². The number of rotatable bonds is 4. The largest absolute Gasteiger partial charge is 0.381 e. The van der Waals surface area contributed by atoms with Gasteiger partial charge >= 0.3 is 0 Å². The van der Waals surface area contributed by atoms with Gasteiger partial charge in [-0.3, -0.25) is 4.79 Å². The van der Waals surface area contributed by atoms with Gasteiger partial charge in [0, 0.05) is 13.2 Å². The molecule has 1 aliphatic heterocycles. The van der Waals surface area contributed by atoms with Crippen LogP contribution >= 0.6 is 12.4 Å². The molecule has 124 valence electrons. The van der Waals surface area contributed by atoms with Crippen molar-refractivity contribution in [2.45, 2.75) is 38.8 Å². The lowest BCUT2D eigenvalue weighted by atomic mass is 9.91. The van der Waals surface area contributed by atoms with E-state index in [1.165, 1.54) is 6.07 Å². The molecule has 0 aliphatic carbocycles. The Morgan fingerprint density at radius 1 is 1.41 bits per heavy atom. The fourth-order valence-corrected chi connectivity index (χ4v) is 2.62. The van der Waals surface area contributed by atoms with Gasteiger partial charge in [0.2, 0.25) is 5.91 Å². The molecule has 1 fully saturated rings. The van der Waals surface area contributed by atoms with Gasteiger partial charge < -0.3 is 15.8 Å². The van der Waals surface area contributed by atoms with Gasteiger partial charge in [-0.1, -0.05) is 12.1 Å². The van der Waals surface area contributed by atoms with E-state index in [4.69, 9.17) is 10.5 Å². The lowest BCUT2D eigenvalue weighted by Crippen LogP contribution is -2.47. The van der Waals surface area contributed by atoms with E-state index in [1.807, 2.05) is 6.92 Å². The van der Waals surface area contributed by atoms with Gasteiger partial charge in [0.1, 0.15) is 5.82 Å².